The van der Waals surface area contributed by atoms with Gasteiger partial charge in [-0.05, 0) is 41.5 Å². The summed E-state index contributed by atoms with van der Waals surface area (Å²) in [6, 6.07) is 21.8. The van der Waals surface area contributed by atoms with Crippen molar-refractivity contribution >= 4 is 17.5 Å². The van der Waals surface area contributed by atoms with Crippen LogP contribution in [0.2, 0.25) is 5.02 Å². The Morgan fingerprint density at radius 3 is 2.42 bits per heavy atom. The van der Waals surface area contributed by atoms with Crippen LogP contribution in [0.5, 0.6) is 11.5 Å². The number of aromatic hydroxyl groups is 1. The zero-order valence-electron chi connectivity index (χ0n) is 14.0. The highest BCUT2D eigenvalue weighted by atomic mass is 35.5. The van der Waals surface area contributed by atoms with E-state index in [0.29, 0.717) is 18.2 Å². The number of ether oxygens (including phenoxy) is 1. The van der Waals surface area contributed by atoms with Gasteiger partial charge >= 0.3 is 0 Å². The van der Waals surface area contributed by atoms with Gasteiger partial charge in [-0.1, -0.05) is 54.1 Å². The summed E-state index contributed by atoms with van der Waals surface area (Å²) in [5.74, 6) is 0.280. The molecule has 1 amide bonds. The summed E-state index contributed by atoms with van der Waals surface area (Å²) in [7, 11) is 0. The van der Waals surface area contributed by atoms with Gasteiger partial charge in [-0.3, -0.25) is 4.79 Å². The number of halogens is 1. The Labute approximate surface area is 157 Å². The fourth-order valence-electron chi connectivity index (χ4n) is 2.41. The summed E-state index contributed by atoms with van der Waals surface area (Å²) in [5.41, 5.74) is 2.18. The third-order valence-electron chi connectivity index (χ3n) is 3.83. The fraction of sp³-hybridized carbons (Fsp3) is 0.0952. The number of benzene rings is 3. The van der Waals surface area contributed by atoms with E-state index in [1.807, 2.05) is 54.6 Å². The van der Waals surface area contributed by atoms with Crippen molar-refractivity contribution in [2.24, 2.45) is 0 Å². The van der Waals surface area contributed by atoms with Crippen LogP contribution in [0, 0.1) is 0 Å². The molecule has 0 saturated heterocycles. The molecule has 0 aliphatic heterocycles. The quantitative estimate of drug-likeness (QED) is 0.671. The number of nitrogens with one attached hydrogen (secondary N) is 1. The minimum absolute atomic E-state index is 0.100. The van der Waals surface area contributed by atoms with Crippen LogP contribution < -0.4 is 10.1 Å². The van der Waals surface area contributed by atoms with Crippen LogP contribution in [0.15, 0.2) is 72.8 Å². The molecule has 0 aliphatic rings. The molecule has 3 rings (SSSR count). The van der Waals surface area contributed by atoms with E-state index in [1.165, 1.54) is 18.2 Å². The molecule has 0 heterocycles. The van der Waals surface area contributed by atoms with Crippen molar-refractivity contribution < 1.29 is 14.6 Å². The van der Waals surface area contributed by atoms with Gasteiger partial charge in [0.15, 0.2) is 0 Å². The number of hydrogen-bond acceptors (Lipinski definition) is 3. The number of phenolic OH excluding ortho intramolecular Hbond substituents is 1. The molecule has 0 spiro atoms. The van der Waals surface area contributed by atoms with E-state index in [0.717, 1.165) is 16.9 Å². The van der Waals surface area contributed by atoms with Crippen molar-refractivity contribution in [1.82, 2.24) is 5.32 Å². The molecule has 26 heavy (non-hydrogen) atoms. The average Bonchev–Trinajstić information content (AvgIpc) is 2.68. The van der Waals surface area contributed by atoms with E-state index in [4.69, 9.17) is 16.3 Å². The molecule has 3 aromatic carbocycles. The van der Waals surface area contributed by atoms with Crippen molar-refractivity contribution in [3.8, 4) is 11.5 Å². The minimum Gasteiger partial charge on any atom is -0.507 e. The zero-order valence-corrected chi connectivity index (χ0v) is 14.7. The molecule has 2 N–H and O–H groups in total. The number of carbonyl (C=O) groups is 1. The molecule has 0 aromatic heterocycles. The van der Waals surface area contributed by atoms with Gasteiger partial charge in [0.2, 0.25) is 0 Å². The van der Waals surface area contributed by atoms with Crippen LogP contribution in [-0.2, 0) is 13.2 Å². The minimum atomic E-state index is -0.380. The maximum absolute atomic E-state index is 12.2. The second kappa shape index (κ2) is 8.41. The Balaban J connectivity index is 1.54. The topological polar surface area (TPSA) is 58.6 Å². The van der Waals surface area contributed by atoms with Crippen LogP contribution in [-0.4, -0.2) is 11.0 Å². The second-order valence-corrected chi connectivity index (χ2v) is 6.20. The first-order chi connectivity index (χ1) is 12.6. The maximum Gasteiger partial charge on any atom is 0.255 e. The summed E-state index contributed by atoms with van der Waals surface area (Å²) in [5, 5.41) is 12.9. The fourth-order valence-corrected chi connectivity index (χ4v) is 2.58. The first-order valence-electron chi connectivity index (χ1n) is 8.14. The van der Waals surface area contributed by atoms with Crippen molar-refractivity contribution in [3.05, 3.63) is 94.5 Å². The van der Waals surface area contributed by atoms with Gasteiger partial charge in [-0.25, -0.2) is 0 Å². The van der Waals surface area contributed by atoms with Crippen molar-refractivity contribution in [1.29, 1.82) is 0 Å². The highest BCUT2D eigenvalue weighted by molar-refractivity contribution is 6.31. The molecule has 0 bridgehead atoms. The Morgan fingerprint density at radius 1 is 0.962 bits per heavy atom. The van der Waals surface area contributed by atoms with Crippen molar-refractivity contribution in [2.75, 3.05) is 0 Å². The van der Waals surface area contributed by atoms with E-state index in [9.17, 15) is 9.90 Å². The molecule has 4 nitrogen and oxygen atoms in total. The Morgan fingerprint density at radius 2 is 1.69 bits per heavy atom. The molecular formula is C21H18ClNO3. The van der Waals surface area contributed by atoms with E-state index in [2.05, 4.69) is 5.32 Å². The van der Waals surface area contributed by atoms with Crippen LogP contribution in [0.4, 0.5) is 0 Å². The summed E-state index contributed by atoms with van der Waals surface area (Å²) < 4.78 is 5.74. The lowest BCUT2D eigenvalue weighted by atomic mass is 10.1. The van der Waals surface area contributed by atoms with Gasteiger partial charge < -0.3 is 15.2 Å². The van der Waals surface area contributed by atoms with Crippen LogP contribution in [0.1, 0.15) is 21.5 Å². The summed E-state index contributed by atoms with van der Waals surface area (Å²) in [6.45, 7) is 0.842. The van der Waals surface area contributed by atoms with Crippen molar-refractivity contribution in [2.45, 2.75) is 13.2 Å². The highest BCUT2D eigenvalue weighted by Gasteiger charge is 2.11. The number of rotatable bonds is 6. The molecule has 0 fully saturated rings. The third-order valence-corrected chi connectivity index (χ3v) is 4.06. The molecule has 0 unspecified atom stereocenters. The summed E-state index contributed by atoms with van der Waals surface area (Å²) in [4.78, 5) is 12.2. The Bertz CT molecular complexity index is 880. The largest absolute Gasteiger partial charge is 0.507 e. The van der Waals surface area contributed by atoms with Crippen molar-refractivity contribution in [3.63, 3.8) is 0 Å². The first kappa shape index (κ1) is 17.8. The smallest absolute Gasteiger partial charge is 0.255 e. The van der Waals surface area contributed by atoms with E-state index < -0.39 is 0 Å². The summed E-state index contributed by atoms with van der Waals surface area (Å²) >= 11 is 5.86. The van der Waals surface area contributed by atoms with Gasteiger partial charge in [-0.2, -0.15) is 0 Å². The number of phenols is 1. The maximum atomic E-state index is 12.2. The molecule has 3 aromatic rings. The number of amides is 1. The lowest BCUT2D eigenvalue weighted by Crippen LogP contribution is -2.22. The predicted molar refractivity (Wildman–Crippen MR) is 102 cm³/mol. The molecule has 0 atom stereocenters. The van der Waals surface area contributed by atoms with Crippen LogP contribution >= 0.6 is 11.6 Å². The molecular weight excluding hydrogens is 350 g/mol. The molecule has 5 heteroatoms. The monoisotopic (exact) mass is 367 g/mol. The van der Waals surface area contributed by atoms with Gasteiger partial charge in [0.1, 0.15) is 18.1 Å². The van der Waals surface area contributed by atoms with Crippen LogP contribution in [0.3, 0.4) is 0 Å². The zero-order chi connectivity index (χ0) is 18.4. The molecule has 0 aliphatic carbocycles. The SMILES string of the molecule is O=C(NCc1ccc(OCc2ccccc2)cc1)c1cc(Cl)ccc1O. The predicted octanol–water partition coefficient (Wildman–Crippen LogP) is 4.55. The Hall–Kier alpha value is -2.98. The Kier molecular flexibility index (Phi) is 5.77. The van der Waals surface area contributed by atoms with Gasteiger partial charge in [0.25, 0.3) is 5.91 Å². The lowest BCUT2D eigenvalue weighted by Gasteiger charge is -2.09. The standard InChI is InChI=1S/C21H18ClNO3/c22-17-8-11-20(24)19(12-17)21(25)23-13-15-6-9-18(10-7-15)26-14-16-4-2-1-3-5-16/h1-12,24H,13-14H2,(H,23,25). The molecule has 132 valence electrons. The van der Waals surface area contributed by atoms with E-state index >= 15 is 0 Å². The van der Waals surface area contributed by atoms with Gasteiger partial charge in [0, 0.05) is 11.6 Å². The van der Waals surface area contributed by atoms with Crippen LogP contribution in [0.25, 0.3) is 0 Å². The third kappa shape index (κ3) is 4.77. The average molecular weight is 368 g/mol. The highest BCUT2D eigenvalue weighted by Crippen LogP contribution is 2.21. The second-order valence-electron chi connectivity index (χ2n) is 5.76. The van der Waals surface area contributed by atoms with E-state index in [1.54, 1.807) is 0 Å². The number of carbonyl (C=O) groups excluding carboxylic acids is 1. The number of hydrogen-bond donors (Lipinski definition) is 2. The molecule has 0 radical (unpaired) electrons. The van der Waals surface area contributed by atoms with Gasteiger partial charge in [0.05, 0.1) is 5.56 Å². The summed E-state index contributed by atoms with van der Waals surface area (Å²) in [6.07, 6.45) is 0. The normalized spacial score (nSPS) is 10.3. The van der Waals surface area contributed by atoms with Gasteiger partial charge in [-0.15, -0.1) is 0 Å². The lowest BCUT2D eigenvalue weighted by molar-refractivity contribution is 0.0948. The molecule has 0 saturated carbocycles. The first-order valence-corrected chi connectivity index (χ1v) is 8.52. The van der Waals surface area contributed by atoms with E-state index in [-0.39, 0.29) is 17.2 Å².